The first kappa shape index (κ1) is 15.8. The predicted molar refractivity (Wildman–Crippen MR) is 85.2 cm³/mol. The van der Waals surface area contributed by atoms with E-state index in [9.17, 15) is 9.59 Å². The van der Waals surface area contributed by atoms with Crippen LogP contribution >= 0.6 is 0 Å². The van der Waals surface area contributed by atoms with Crippen molar-refractivity contribution in [2.75, 3.05) is 6.61 Å². The average Bonchev–Trinajstić information content (AvgIpc) is 3.39. The lowest BCUT2D eigenvalue weighted by atomic mass is 9.99. The maximum Gasteiger partial charge on any atom is 0.252 e. The van der Waals surface area contributed by atoms with Crippen molar-refractivity contribution in [2.24, 2.45) is 0 Å². The summed E-state index contributed by atoms with van der Waals surface area (Å²) < 4.78 is 10.6. The third-order valence-electron chi connectivity index (χ3n) is 4.27. The first-order chi connectivity index (χ1) is 12.2. The van der Waals surface area contributed by atoms with Crippen LogP contribution in [0.3, 0.4) is 0 Å². The standard InChI is InChI=1S/C17H18N4O4/c22-12-9-24-15(14(19-12)10-4-2-1-3-5-10)17(23)18-8-13-20-16(21-25-13)11-6-7-11/h1-5,11,14-15H,6-9H2,(H,18,23)(H,19,22)/t14-,15+/m1/s1. The number of hydrogen-bond acceptors (Lipinski definition) is 6. The van der Waals surface area contributed by atoms with E-state index in [4.69, 9.17) is 9.26 Å². The van der Waals surface area contributed by atoms with Crippen LogP contribution in [0.25, 0.3) is 0 Å². The van der Waals surface area contributed by atoms with Crippen LogP contribution in [0.15, 0.2) is 34.9 Å². The Balaban J connectivity index is 1.42. The van der Waals surface area contributed by atoms with Gasteiger partial charge in [0.15, 0.2) is 11.9 Å². The molecule has 8 heteroatoms. The number of amides is 2. The summed E-state index contributed by atoms with van der Waals surface area (Å²) in [7, 11) is 0. The Bertz CT molecular complexity index is 772. The van der Waals surface area contributed by atoms with E-state index < -0.39 is 12.1 Å². The molecule has 2 N–H and O–H groups in total. The zero-order chi connectivity index (χ0) is 17.2. The minimum Gasteiger partial charge on any atom is -0.356 e. The summed E-state index contributed by atoms with van der Waals surface area (Å²) in [5.41, 5.74) is 0.810. The Morgan fingerprint density at radius 2 is 2.08 bits per heavy atom. The molecule has 2 aliphatic rings. The van der Waals surface area contributed by atoms with Gasteiger partial charge in [0.1, 0.15) is 6.61 Å². The highest BCUT2D eigenvalue weighted by molar-refractivity contribution is 5.86. The summed E-state index contributed by atoms with van der Waals surface area (Å²) in [6.07, 6.45) is 1.35. The smallest absolute Gasteiger partial charge is 0.252 e. The molecule has 2 amide bonds. The van der Waals surface area contributed by atoms with Crippen LogP contribution in [0, 0.1) is 0 Å². The van der Waals surface area contributed by atoms with Gasteiger partial charge in [0, 0.05) is 5.92 Å². The summed E-state index contributed by atoms with van der Waals surface area (Å²) in [6, 6.07) is 8.73. The Morgan fingerprint density at radius 1 is 1.28 bits per heavy atom. The third kappa shape index (κ3) is 3.53. The molecule has 2 fully saturated rings. The molecule has 2 heterocycles. The summed E-state index contributed by atoms with van der Waals surface area (Å²) in [5, 5.41) is 9.47. The second-order valence-corrected chi connectivity index (χ2v) is 6.23. The molecule has 1 saturated heterocycles. The lowest BCUT2D eigenvalue weighted by Gasteiger charge is -2.31. The van der Waals surface area contributed by atoms with Crippen molar-refractivity contribution in [1.82, 2.24) is 20.8 Å². The van der Waals surface area contributed by atoms with Gasteiger partial charge in [-0.1, -0.05) is 35.5 Å². The van der Waals surface area contributed by atoms with Crippen LogP contribution in [-0.4, -0.2) is 34.7 Å². The molecule has 4 rings (SSSR count). The minimum atomic E-state index is -0.814. The van der Waals surface area contributed by atoms with Crippen molar-refractivity contribution in [1.29, 1.82) is 0 Å². The normalized spacial score (nSPS) is 23.1. The van der Waals surface area contributed by atoms with Gasteiger partial charge in [-0.15, -0.1) is 0 Å². The molecule has 2 aromatic rings. The SMILES string of the molecule is O=C1CO[C@H](C(=O)NCc2nc(C3CC3)no2)[C@@H](c2ccccc2)N1. The van der Waals surface area contributed by atoms with E-state index in [2.05, 4.69) is 20.8 Å². The minimum absolute atomic E-state index is 0.133. The number of benzene rings is 1. The van der Waals surface area contributed by atoms with Crippen molar-refractivity contribution >= 4 is 11.8 Å². The fraction of sp³-hybridized carbons (Fsp3) is 0.412. The molecule has 1 saturated carbocycles. The summed E-state index contributed by atoms with van der Waals surface area (Å²) >= 11 is 0. The highest BCUT2D eigenvalue weighted by Crippen LogP contribution is 2.38. The lowest BCUT2D eigenvalue weighted by molar-refractivity contribution is -0.148. The fourth-order valence-electron chi connectivity index (χ4n) is 2.81. The molecular weight excluding hydrogens is 324 g/mol. The van der Waals surface area contributed by atoms with Crippen LogP contribution in [-0.2, 0) is 20.9 Å². The monoisotopic (exact) mass is 342 g/mol. The van der Waals surface area contributed by atoms with Crippen molar-refractivity contribution in [3.63, 3.8) is 0 Å². The number of carbonyl (C=O) groups is 2. The van der Waals surface area contributed by atoms with E-state index in [1.54, 1.807) is 0 Å². The zero-order valence-corrected chi connectivity index (χ0v) is 13.5. The number of rotatable bonds is 5. The van der Waals surface area contributed by atoms with Crippen molar-refractivity contribution in [2.45, 2.75) is 37.5 Å². The van der Waals surface area contributed by atoms with Gasteiger partial charge in [-0.25, -0.2) is 0 Å². The van der Waals surface area contributed by atoms with Crippen LogP contribution < -0.4 is 10.6 Å². The van der Waals surface area contributed by atoms with Gasteiger partial charge in [0.05, 0.1) is 12.6 Å². The summed E-state index contributed by atoms with van der Waals surface area (Å²) in [4.78, 5) is 28.5. The molecule has 0 spiro atoms. The molecule has 0 radical (unpaired) electrons. The number of carbonyl (C=O) groups excluding carboxylic acids is 2. The van der Waals surface area contributed by atoms with Gasteiger partial charge in [0.2, 0.25) is 11.8 Å². The molecule has 0 unspecified atom stereocenters. The number of aromatic nitrogens is 2. The predicted octanol–water partition coefficient (Wildman–Crippen LogP) is 0.819. The molecule has 8 nitrogen and oxygen atoms in total. The lowest BCUT2D eigenvalue weighted by Crippen LogP contribution is -2.52. The van der Waals surface area contributed by atoms with E-state index in [1.807, 2.05) is 30.3 Å². The van der Waals surface area contributed by atoms with Gasteiger partial charge in [-0.3, -0.25) is 9.59 Å². The number of morpholine rings is 1. The fourth-order valence-corrected chi connectivity index (χ4v) is 2.81. The maximum atomic E-state index is 12.5. The molecule has 130 valence electrons. The molecule has 0 bridgehead atoms. The van der Waals surface area contributed by atoms with E-state index in [-0.39, 0.29) is 25.0 Å². The first-order valence-corrected chi connectivity index (χ1v) is 8.27. The largest absolute Gasteiger partial charge is 0.356 e. The number of nitrogens with zero attached hydrogens (tertiary/aromatic N) is 2. The van der Waals surface area contributed by atoms with Gasteiger partial charge in [-0.05, 0) is 18.4 Å². The van der Waals surface area contributed by atoms with Crippen molar-refractivity contribution in [3.05, 3.63) is 47.6 Å². The number of nitrogens with one attached hydrogen (secondary N) is 2. The molecule has 1 aromatic carbocycles. The van der Waals surface area contributed by atoms with Crippen molar-refractivity contribution in [3.8, 4) is 0 Å². The topological polar surface area (TPSA) is 106 Å². The summed E-state index contributed by atoms with van der Waals surface area (Å²) in [5.74, 6) is 0.885. The Morgan fingerprint density at radius 3 is 2.84 bits per heavy atom. The van der Waals surface area contributed by atoms with E-state index in [0.29, 0.717) is 17.6 Å². The highest BCUT2D eigenvalue weighted by atomic mass is 16.5. The zero-order valence-electron chi connectivity index (χ0n) is 13.5. The van der Waals surface area contributed by atoms with E-state index >= 15 is 0 Å². The maximum absolute atomic E-state index is 12.5. The van der Waals surface area contributed by atoms with Gasteiger partial charge in [-0.2, -0.15) is 4.98 Å². The van der Waals surface area contributed by atoms with Gasteiger partial charge in [0.25, 0.3) is 5.91 Å². The van der Waals surface area contributed by atoms with Crippen LogP contribution in [0.1, 0.15) is 42.1 Å². The average molecular weight is 342 g/mol. The van der Waals surface area contributed by atoms with E-state index in [0.717, 1.165) is 18.4 Å². The third-order valence-corrected chi connectivity index (χ3v) is 4.27. The molecule has 1 aromatic heterocycles. The van der Waals surface area contributed by atoms with Crippen LogP contribution in [0.4, 0.5) is 0 Å². The van der Waals surface area contributed by atoms with Gasteiger partial charge >= 0.3 is 0 Å². The molecular formula is C17H18N4O4. The Hall–Kier alpha value is -2.74. The molecule has 25 heavy (non-hydrogen) atoms. The van der Waals surface area contributed by atoms with E-state index in [1.165, 1.54) is 0 Å². The Kier molecular flexibility index (Phi) is 4.19. The van der Waals surface area contributed by atoms with Gasteiger partial charge < -0.3 is 19.9 Å². The highest BCUT2D eigenvalue weighted by Gasteiger charge is 2.36. The quantitative estimate of drug-likeness (QED) is 0.833. The van der Waals surface area contributed by atoms with Crippen molar-refractivity contribution < 1.29 is 18.8 Å². The second-order valence-electron chi connectivity index (χ2n) is 6.23. The molecule has 1 aliphatic heterocycles. The molecule has 1 aliphatic carbocycles. The molecule has 2 atom stereocenters. The second kappa shape index (κ2) is 6.64. The number of ether oxygens (including phenoxy) is 1. The Labute approximate surface area is 143 Å². The summed E-state index contributed by atoms with van der Waals surface area (Å²) in [6.45, 7) is -0.0122. The first-order valence-electron chi connectivity index (χ1n) is 8.27. The van der Waals surface area contributed by atoms with Crippen LogP contribution in [0.5, 0.6) is 0 Å². The van der Waals surface area contributed by atoms with Crippen LogP contribution in [0.2, 0.25) is 0 Å². The number of hydrogen-bond donors (Lipinski definition) is 2.